The molecule has 0 saturated carbocycles. The fraction of sp³-hybridized carbons (Fsp3) is 0.0857. The van der Waals surface area contributed by atoms with Crippen LogP contribution >= 0.6 is 31.9 Å². The molecule has 0 spiro atoms. The molecule has 0 bridgehead atoms. The van der Waals surface area contributed by atoms with Crippen molar-refractivity contribution in [3.05, 3.63) is 124 Å². The highest BCUT2D eigenvalue weighted by Crippen LogP contribution is 2.50. The number of hydrogen-bond acceptors (Lipinski definition) is 3. The average molecular weight is 651 g/mol. The molecule has 40 heavy (non-hydrogen) atoms. The number of benzene rings is 6. The molecule has 5 heteroatoms. The third-order valence-electron chi connectivity index (χ3n) is 7.24. The van der Waals surface area contributed by atoms with E-state index in [2.05, 4.69) is 146 Å². The molecule has 7 rings (SSSR count). The van der Waals surface area contributed by atoms with Crippen LogP contribution in [0.15, 0.2) is 124 Å². The molecule has 1 heterocycles. The standard InChI is InChI=1S/C35H25Br2NO2/c1-35(2)39-31-20-11-22(21-32(31)40-35)33-27-7-3-5-9-29(27)34(30-10-6-4-8-28(30)33)38(25-16-12-23(36)13-17-25)26-18-14-24(37)15-19-26/h3-21H,1-2H3. The predicted octanol–water partition coefficient (Wildman–Crippen LogP) is 11.2. The number of anilines is 3. The lowest BCUT2D eigenvalue weighted by Gasteiger charge is -2.29. The highest BCUT2D eigenvalue weighted by molar-refractivity contribution is 9.10. The summed E-state index contributed by atoms with van der Waals surface area (Å²) in [6, 6.07) is 40.6. The zero-order valence-electron chi connectivity index (χ0n) is 22.0. The fourth-order valence-electron chi connectivity index (χ4n) is 5.62. The van der Waals surface area contributed by atoms with Gasteiger partial charge in [-0.05, 0) is 82.6 Å². The van der Waals surface area contributed by atoms with Gasteiger partial charge in [0, 0.05) is 44.9 Å². The molecule has 1 aliphatic rings. The Morgan fingerprint density at radius 1 is 0.550 bits per heavy atom. The van der Waals surface area contributed by atoms with Crippen LogP contribution < -0.4 is 14.4 Å². The van der Waals surface area contributed by atoms with Crippen molar-refractivity contribution < 1.29 is 9.47 Å². The van der Waals surface area contributed by atoms with Crippen molar-refractivity contribution in [2.24, 2.45) is 0 Å². The van der Waals surface area contributed by atoms with Crippen LogP contribution in [0.4, 0.5) is 17.1 Å². The third-order valence-corrected chi connectivity index (χ3v) is 8.30. The van der Waals surface area contributed by atoms with Crippen LogP contribution in [0.5, 0.6) is 11.5 Å². The Morgan fingerprint density at radius 3 is 1.55 bits per heavy atom. The van der Waals surface area contributed by atoms with Gasteiger partial charge in [0.25, 0.3) is 0 Å². The maximum Gasteiger partial charge on any atom is 0.246 e. The summed E-state index contributed by atoms with van der Waals surface area (Å²) in [6.07, 6.45) is 0. The maximum absolute atomic E-state index is 6.14. The van der Waals surface area contributed by atoms with Crippen molar-refractivity contribution in [1.29, 1.82) is 0 Å². The third kappa shape index (κ3) is 4.34. The first-order chi connectivity index (χ1) is 19.4. The molecule has 0 aromatic heterocycles. The Bertz CT molecular complexity index is 1790. The van der Waals surface area contributed by atoms with Crippen LogP contribution in [0.2, 0.25) is 0 Å². The summed E-state index contributed by atoms with van der Waals surface area (Å²) in [7, 11) is 0. The molecule has 1 aliphatic heterocycles. The largest absolute Gasteiger partial charge is 0.449 e. The van der Waals surface area contributed by atoms with Crippen LogP contribution in [-0.2, 0) is 0 Å². The molecule has 0 radical (unpaired) electrons. The minimum Gasteiger partial charge on any atom is -0.449 e. The second kappa shape index (κ2) is 9.69. The summed E-state index contributed by atoms with van der Waals surface area (Å²) < 4.78 is 14.2. The van der Waals surface area contributed by atoms with Crippen LogP contribution in [0.3, 0.4) is 0 Å². The van der Waals surface area contributed by atoms with E-state index in [1.54, 1.807) is 0 Å². The maximum atomic E-state index is 6.14. The van der Waals surface area contributed by atoms with Crippen molar-refractivity contribution in [2.75, 3.05) is 4.90 Å². The highest BCUT2D eigenvalue weighted by atomic mass is 79.9. The molecule has 3 nitrogen and oxygen atoms in total. The van der Waals surface area contributed by atoms with Gasteiger partial charge in [0.05, 0.1) is 5.69 Å². The number of rotatable bonds is 4. The zero-order valence-corrected chi connectivity index (χ0v) is 25.2. The van der Waals surface area contributed by atoms with Gasteiger partial charge >= 0.3 is 0 Å². The number of halogens is 2. The molecule has 0 atom stereocenters. The minimum atomic E-state index is -0.676. The van der Waals surface area contributed by atoms with Crippen molar-refractivity contribution in [3.63, 3.8) is 0 Å². The topological polar surface area (TPSA) is 21.7 Å². The SMILES string of the molecule is CC1(C)Oc2ccc(-c3c4ccccc4c(N(c4ccc(Br)cc4)c4ccc(Br)cc4)c4ccccc34)cc2O1. The molecule has 196 valence electrons. The van der Waals surface area contributed by atoms with E-state index in [4.69, 9.17) is 9.47 Å². The zero-order chi connectivity index (χ0) is 27.4. The van der Waals surface area contributed by atoms with E-state index < -0.39 is 5.79 Å². The van der Waals surface area contributed by atoms with Crippen LogP contribution in [-0.4, -0.2) is 5.79 Å². The Balaban J connectivity index is 1.55. The normalized spacial score (nSPS) is 13.6. The van der Waals surface area contributed by atoms with E-state index in [1.807, 2.05) is 19.9 Å². The van der Waals surface area contributed by atoms with Crippen LogP contribution in [0, 0.1) is 0 Å². The molecule has 6 aromatic carbocycles. The van der Waals surface area contributed by atoms with Gasteiger partial charge < -0.3 is 14.4 Å². The first-order valence-electron chi connectivity index (χ1n) is 13.2. The van der Waals surface area contributed by atoms with Crippen molar-refractivity contribution in [3.8, 4) is 22.6 Å². The minimum absolute atomic E-state index is 0.676. The van der Waals surface area contributed by atoms with Gasteiger partial charge in [-0.1, -0.05) is 86.5 Å². The van der Waals surface area contributed by atoms with E-state index >= 15 is 0 Å². The molecule has 6 aromatic rings. The van der Waals surface area contributed by atoms with E-state index in [0.717, 1.165) is 43.1 Å². The Morgan fingerprint density at radius 2 is 1.02 bits per heavy atom. The van der Waals surface area contributed by atoms with Gasteiger partial charge in [0.15, 0.2) is 11.5 Å². The lowest BCUT2D eigenvalue weighted by molar-refractivity contribution is -0.0431. The first kappa shape index (κ1) is 25.2. The Labute approximate surface area is 250 Å². The second-order valence-corrected chi connectivity index (χ2v) is 12.2. The number of hydrogen-bond donors (Lipinski definition) is 0. The monoisotopic (exact) mass is 649 g/mol. The summed E-state index contributed by atoms with van der Waals surface area (Å²) in [5.74, 6) is 0.867. The van der Waals surface area contributed by atoms with E-state index in [-0.39, 0.29) is 0 Å². The number of nitrogens with zero attached hydrogens (tertiary/aromatic N) is 1. The van der Waals surface area contributed by atoms with Gasteiger partial charge in [0.1, 0.15) is 0 Å². The molecule has 0 fully saturated rings. The van der Waals surface area contributed by atoms with Gasteiger partial charge in [-0.25, -0.2) is 0 Å². The highest BCUT2D eigenvalue weighted by Gasteiger charge is 2.32. The summed E-state index contributed by atoms with van der Waals surface area (Å²) in [4.78, 5) is 2.36. The van der Waals surface area contributed by atoms with Gasteiger partial charge in [-0.3, -0.25) is 0 Å². The fourth-order valence-corrected chi connectivity index (χ4v) is 6.15. The molecule has 0 unspecified atom stereocenters. The number of ether oxygens (including phenoxy) is 2. The van der Waals surface area contributed by atoms with Crippen molar-refractivity contribution in [1.82, 2.24) is 0 Å². The van der Waals surface area contributed by atoms with Gasteiger partial charge in [-0.15, -0.1) is 0 Å². The van der Waals surface area contributed by atoms with E-state index in [1.165, 1.54) is 27.1 Å². The van der Waals surface area contributed by atoms with Gasteiger partial charge in [0.2, 0.25) is 5.79 Å². The summed E-state index contributed by atoms with van der Waals surface area (Å²) in [5.41, 5.74) is 5.58. The Kier molecular flexibility index (Phi) is 6.10. The van der Waals surface area contributed by atoms with E-state index in [0.29, 0.717) is 0 Å². The summed E-state index contributed by atoms with van der Waals surface area (Å²) >= 11 is 7.23. The number of fused-ring (bicyclic) bond motifs is 3. The van der Waals surface area contributed by atoms with Crippen molar-refractivity contribution in [2.45, 2.75) is 19.6 Å². The molecule has 0 amide bonds. The van der Waals surface area contributed by atoms with Crippen LogP contribution in [0.25, 0.3) is 32.7 Å². The second-order valence-electron chi connectivity index (χ2n) is 10.4. The molecule has 0 saturated heterocycles. The van der Waals surface area contributed by atoms with Gasteiger partial charge in [-0.2, -0.15) is 0 Å². The molecule has 0 aliphatic carbocycles. The average Bonchev–Trinajstić information content (AvgIpc) is 3.27. The lowest BCUT2D eigenvalue weighted by atomic mass is 9.89. The first-order valence-corrected chi connectivity index (χ1v) is 14.7. The molecular formula is C35H25Br2NO2. The molecular weight excluding hydrogens is 626 g/mol. The summed E-state index contributed by atoms with van der Waals surface area (Å²) in [5, 5.41) is 4.68. The summed E-state index contributed by atoms with van der Waals surface area (Å²) in [6.45, 7) is 3.87. The Hall–Kier alpha value is -3.80. The predicted molar refractivity (Wildman–Crippen MR) is 172 cm³/mol. The van der Waals surface area contributed by atoms with Crippen LogP contribution in [0.1, 0.15) is 13.8 Å². The lowest BCUT2D eigenvalue weighted by Crippen LogP contribution is -2.29. The molecule has 0 N–H and O–H groups in total. The smallest absolute Gasteiger partial charge is 0.246 e. The quantitative estimate of drug-likeness (QED) is 0.177. The van der Waals surface area contributed by atoms with E-state index in [9.17, 15) is 0 Å². The van der Waals surface area contributed by atoms with Crippen molar-refractivity contribution >= 4 is 70.5 Å².